The maximum Gasteiger partial charge on any atom is 0.252 e. The highest BCUT2D eigenvalue weighted by molar-refractivity contribution is 5.98. The van der Waals surface area contributed by atoms with E-state index < -0.39 is 11.7 Å². The topological polar surface area (TPSA) is 110 Å². The van der Waals surface area contributed by atoms with Crippen molar-refractivity contribution < 1.29 is 9.18 Å². The summed E-state index contributed by atoms with van der Waals surface area (Å²) >= 11 is 0. The summed E-state index contributed by atoms with van der Waals surface area (Å²) in [5, 5.41) is 12.4. The number of hydrogen-bond acceptors (Lipinski definition) is 5. The molecule has 0 spiro atoms. The normalized spacial score (nSPS) is 13.6. The number of amides is 1. The van der Waals surface area contributed by atoms with Gasteiger partial charge in [0.1, 0.15) is 17.5 Å². The van der Waals surface area contributed by atoms with Crippen LogP contribution in [0.15, 0.2) is 30.7 Å². The van der Waals surface area contributed by atoms with E-state index in [1.54, 1.807) is 6.07 Å². The number of nitrogens with two attached hydrogens (primary N) is 1. The zero-order valence-corrected chi connectivity index (χ0v) is 13.0. The van der Waals surface area contributed by atoms with Gasteiger partial charge in [0.25, 0.3) is 5.91 Å². The van der Waals surface area contributed by atoms with Gasteiger partial charge in [-0.2, -0.15) is 5.26 Å². The van der Waals surface area contributed by atoms with Gasteiger partial charge in [0.15, 0.2) is 5.82 Å². The number of hydrogen-bond donors (Lipinski definition) is 2. The summed E-state index contributed by atoms with van der Waals surface area (Å²) in [6.45, 7) is 0. The molecule has 0 aromatic carbocycles. The van der Waals surface area contributed by atoms with Gasteiger partial charge in [0.05, 0.1) is 22.2 Å². The third-order valence-corrected chi connectivity index (χ3v) is 4.06. The molecule has 0 saturated heterocycles. The summed E-state index contributed by atoms with van der Waals surface area (Å²) in [5.41, 5.74) is 6.86. The molecule has 8 heteroatoms. The predicted octanol–water partition coefficient (Wildman–Crippen LogP) is 2.10. The van der Waals surface area contributed by atoms with Crippen molar-refractivity contribution >= 4 is 22.6 Å². The van der Waals surface area contributed by atoms with Crippen LogP contribution in [0.5, 0.6) is 0 Å². The molecule has 0 bridgehead atoms. The number of halogens is 1. The lowest BCUT2D eigenvalue weighted by molar-refractivity contribution is 0.100. The van der Waals surface area contributed by atoms with Crippen LogP contribution in [0.25, 0.3) is 16.9 Å². The SMILES string of the molecule is N#Cc1cnc2c(c1)c(F)cn2-c1cc(NC2CC2)c(C(N)=O)cn1. The molecule has 4 rings (SSSR count). The first-order valence-corrected chi connectivity index (χ1v) is 7.70. The van der Waals surface area contributed by atoms with Crippen LogP contribution in [0.4, 0.5) is 10.1 Å². The van der Waals surface area contributed by atoms with Gasteiger partial charge in [-0.05, 0) is 18.9 Å². The Labute approximate surface area is 141 Å². The summed E-state index contributed by atoms with van der Waals surface area (Å²) in [5.74, 6) is -0.682. The second-order valence-corrected chi connectivity index (χ2v) is 5.92. The number of rotatable bonds is 4. The number of anilines is 1. The molecule has 3 aromatic heterocycles. The molecule has 1 amide bonds. The van der Waals surface area contributed by atoms with Gasteiger partial charge in [-0.15, -0.1) is 0 Å². The lowest BCUT2D eigenvalue weighted by Gasteiger charge is -2.11. The molecule has 3 aromatic rings. The van der Waals surface area contributed by atoms with Crippen LogP contribution in [0.1, 0.15) is 28.8 Å². The number of primary amides is 1. The molecule has 124 valence electrons. The standard InChI is InChI=1S/C17H13FN6O/c18-13-8-24(17-11(13)3-9(5-19)6-22-17)15-4-14(23-10-1-2-10)12(7-21-15)16(20)25/h3-4,6-8,10H,1-2H2,(H2,20,25)(H,21,23). The van der Waals surface area contributed by atoms with Crippen molar-refractivity contribution in [2.75, 3.05) is 5.32 Å². The van der Waals surface area contributed by atoms with Crippen LogP contribution in [0.2, 0.25) is 0 Å². The van der Waals surface area contributed by atoms with Crippen molar-refractivity contribution in [1.82, 2.24) is 14.5 Å². The summed E-state index contributed by atoms with van der Waals surface area (Å²) in [6, 6.07) is 5.34. The van der Waals surface area contributed by atoms with Crippen LogP contribution in [-0.4, -0.2) is 26.5 Å². The fourth-order valence-corrected chi connectivity index (χ4v) is 2.64. The number of nitrogens with one attached hydrogen (secondary N) is 1. The predicted molar refractivity (Wildman–Crippen MR) is 88.7 cm³/mol. The second-order valence-electron chi connectivity index (χ2n) is 5.92. The van der Waals surface area contributed by atoms with E-state index in [0.717, 1.165) is 12.8 Å². The molecule has 0 unspecified atom stereocenters. The van der Waals surface area contributed by atoms with Gasteiger partial charge in [-0.3, -0.25) is 9.36 Å². The van der Waals surface area contributed by atoms with E-state index in [2.05, 4.69) is 15.3 Å². The number of carbonyl (C=O) groups is 1. The maximum absolute atomic E-state index is 14.2. The smallest absolute Gasteiger partial charge is 0.252 e. The maximum atomic E-state index is 14.2. The first kappa shape index (κ1) is 15.1. The number of pyridine rings is 2. The molecule has 1 fully saturated rings. The largest absolute Gasteiger partial charge is 0.382 e. The van der Waals surface area contributed by atoms with E-state index >= 15 is 0 Å². The summed E-state index contributed by atoms with van der Waals surface area (Å²) in [7, 11) is 0. The highest BCUT2D eigenvalue weighted by atomic mass is 19.1. The summed E-state index contributed by atoms with van der Waals surface area (Å²) in [4.78, 5) is 20.0. The fraction of sp³-hybridized carbons (Fsp3) is 0.176. The quantitative estimate of drug-likeness (QED) is 0.758. The molecular formula is C17H13FN6O. The van der Waals surface area contributed by atoms with E-state index in [-0.39, 0.29) is 16.5 Å². The van der Waals surface area contributed by atoms with Gasteiger partial charge >= 0.3 is 0 Å². The lowest BCUT2D eigenvalue weighted by atomic mass is 10.2. The molecule has 1 aliphatic carbocycles. The Hall–Kier alpha value is -3.47. The van der Waals surface area contributed by atoms with Crippen LogP contribution in [-0.2, 0) is 0 Å². The minimum atomic E-state index is -0.581. The monoisotopic (exact) mass is 336 g/mol. The molecule has 25 heavy (non-hydrogen) atoms. The highest BCUT2D eigenvalue weighted by Crippen LogP contribution is 2.29. The Morgan fingerprint density at radius 2 is 2.16 bits per heavy atom. The number of carbonyl (C=O) groups excluding carboxylic acids is 1. The van der Waals surface area contributed by atoms with Crippen LogP contribution in [0, 0.1) is 17.1 Å². The molecule has 3 heterocycles. The molecule has 1 aliphatic rings. The van der Waals surface area contributed by atoms with Crippen molar-refractivity contribution in [3.63, 3.8) is 0 Å². The van der Waals surface area contributed by atoms with Crippen molar-refractivity contribution in [3.05, 3.63) is 47.7 Å². The molecule has 3 N–H and O–H groups in total. The molecule has 0 radical (unpaired) electrons. The van der Waals surface area contributed by atoms with E-state index in [4.69, 9.17) is 11.0 Å². The zero-order valence-electron chi connectivity index (χ0n) is 13.0. The average Bonchev–Trinajstić information content (AvgIpc) is 3.36. The van der Waals surface area contributed by atoms with E-state index in [1.807, 2.05) is 6.07 Å². The Balaban J connectivity index is 1.85. The van der Waals surface area contributed by atoms with Gasteiger partial charge in [0, 0.05) is 30.7 Å². The minimum absolute atomic E-state index is 0.233. The zero-order chi connectivity index (χ0) is 17.6. The Morgan fingerprint density at radius 1 is 1.36 bits per heavy atom. The number of nitriles is 1. The fourth-order valence-electron chi connectivity index (χ4n) is 2.64. The third-order valence-electron chi connectivity index (χ3n) is 4.06. The molecule has 1 saturated carbocycles. The van der Waals surface area contributed by atoms with E-state index in [9.17, 15) is 9.18 Å². The van der Waals surface area contributed by atoms with Crippen molar-refractivity contribution in [3.8, 4) is 11.9 Å². The second kappa shape index (κ2) is 5.56. The van der Waals surface area contributed by atoms with Crippen LogP contribution >= 0.6 is 0 Å². The number of fused-ring (bicyclic) bond motifs is 1. The van der Waals surface area contributed by atoms with Crippen LogP contribution in [0.3, 0.4) is 0 Å². The van der Waals surface area contributed by atoms with E-state index in [0.29, 0.717) is 23.2 Å². The van der Waals surface area contributed by atoms with Gasteiger partial charge < -0.3 is 11.1 Å². The molecular weight excluding hydrogens is 323 g/mol. The van der Waals surface area contributed by atoms with Crippen LogP contribution < -0.4 is 11.1 Å². The van der Waals surface area contributed by atoms with Crippen molar-refractivity contribution in [2.24, 2.45) is 5.73 Å². The number of nitrogens with zero attached hydrogens (tertiary/aromatic N) is 4. The molecule has 0 atom stereocenters. The molecule has 7 nitrogen and oxygen atoms in total. The third kappa shape index (κ3) is 2.65. The first-order chi connectivity index (χ1) is 12.1. The minimum Gasteiger partial charge on any atom is -0.382 e. The Bertz CT molecular complexity index is 1050. The first-order valence-electron chi connectivity index (χ1n) is 7.70. The van der Waals surface area contributed by atoms with Crippen molar-refractivity contribution in [2.45, 2.75) is 18.9 Å². The average molecular weight is 336 g/mol. The lowest BCUT2D eigenvalue weighted by Crippen LogP contribution is -2.16. The Morgan fingerprint density at radius 3 is 2.84 bits per heavy atom. The highest BCUT2D eigenvalue weighted by Gasteiger charge is 2.24. The number of aromatic nitrogens is 3. The van der Waals surface area contributed by atoms with Gasteiger partial charge in [0.2, 0.25) is 0 Å². The van der Waals surface area contributed by atoms with Crippen molar-refractivity contribution in [1.29, 1.82) is 5.26 Å². The van der Waals surface area contributed by atoms with Gasteiger partial charge in [-0.25, -0.2) is 14.4 Å². The summed E-state index contributed by atoms with van der Waals surface area (Å²) < 4.78 is 15.7. The van der Waals surface area contributed by atoms with Gasteiger partial charge in [-0.1, -0.05) is 0 Å². The van der Waals surface area contributed by atoms with E-state index in [1.165, 1.54) is 29.2 Å². The molecule has 0 aliphatic heterocycles. The Kier molecular flexibility index (Phi) is 3.35. The summed E-state index contributed by atoms with van der Waals surface area (Å²) in [6.07, 6.45) is 6.05.